The van der Waals surface area contributed by atoms with Crippen LogP contribution < -0.4 is 0 Å². The van der Waals surface area contributed by atoms with Crippen LogP contribution in [0.3, 0.4) is 0 Å². The molecule has 1 amide bonds. The lowest BCUT2D eigenvalue weighted by Crippen LogP contribution is -2.56. The molecule has 3 rings (SSSR count). The van der Waals surface area contributed by atoms with Crippen molar-refractivity contribution in [2.24, 2.45) is 0 Å². The van der Waals surface area contributed by atoms with Crippen molar-refractivity contribution in [2.45, 2.75) is 31.0 Å². The molecule has 1 aliphatic rings. The normalized spacial score (nSPS) is 17.9. The summed E-state index contributed by atoms with van der Waals surface area (Å²) in [5.41, 5.74) is -4.46. The second-order valence-electron chi connectivity index (χ2n) is 8.34. The average molecular weight is 547 g/mol. The minimum atomic E-state index is -5.12. The largest absolute Gasteiger partial charge is 0.416 e. The van der Waals surface area contributed by atoms with Crippen LogP contribution in [0.2, 0.25) is 0 Å². The number of hydrogen-bond acceptors (Lipinski definition) is 2. The molecule has 1 aliphatic heterocycles. The number of piperazine rings is 1. The number of amides is 1. The molecule has 2 aromatic rings. The van der Waals surface area contributed by atoms with E-state index >= 15 is 0 Å². The smallest absolute Gasteiger partial charge is 0.333 e. The fourth-order valence-electron chi connectivity index (χ4n) is 4.03. The van der Waals surface area contributed by atoms with Gasteiger partial charge in [-0.05, 0) is 42.3 Å². The van der Waals surface area contributed by atoms with E-state index in [2.05, 4.69) is 0 Å². The molecule has 0 saturated carbocycles. The van der Waals surface area contributed by atoms with Gasteiger partial charge in [0.2, 0.25) is 0 Å². The third kappa shape index (κ3) is 6.84. The summed E-state index contributed by atoms with van der Waals surface area (Å²) in [6.07, 6.45) is -14.8. The Hall–Kier alpha value is -2.47. The Balaban J connectivity index is 1.95. The van der Waals surface area contributed by atoms with Crippen LogP contribution in [0.4, 0.5) is 39.5 Å². The van der Waals surface area contributed by atoms with Gasteiger partial charge in [-0.15, -0.1) is 11.6 Å². The number of rotatable bonds is 5. The Morgan fingerprint density at radius 1 is 0.806 bits per heavy atom. The molecule has 0 aromatic heterocycles. The highest BCUT2D eigenvalue weighted by atomic mass is 35.5. The maximum absolute atomic E-state index is 13.3. The molecule has 0 spiro atoms. The maximum Gasteiger partial charge on any atom is 0.416 e. The summed E-state index contributed by atoms with van der Waals surface area (Å²) in [7, 11) is 0. The van der Waals surface area contributed by atoms with Gasteiger partial charge in [-0.25, -0.2) is 0 Å². The third-order valence-corrected chi connectivity index (χ3v) is 5.98. The topological polar surface area (TPSA) is 23.6 Å². The van der Waals surface area contributed by atoms with E-state index in [4.69, 9.17) is 11.6 Å². The minimum absolute atomic E-state index is 0.0153. The second-order valence-corrected chi connectivity index (χ2v) is 8.71. The van der Waals surface area contributed by atoms with Crippen molar-refractivity contribution in [3.8, 4) is 0 Å². The van der Waals surface area contributed by atoms with Crippen molar-refractivity contribution in [3.05, 3.63) is 70.3 Å². The zero-order valence-corrected chi connectivity index (χ0v) is 19.2. The lowest BCUT2D eigenvalue weighted by atomic mass is 9.98. The van der Waals surface area contributed by atoms with Gasteiger partial charge in [-0.1, -0.05) is 12.1 Å². The van der Waals surface area contributed by atoms with Crippen LogP contribution >= 0.6 is 11.6 Å². The van der Waals surface area contributed by atoms with E-state index in [0.717, 1.165) is 17.0 Å². The van der Waals surface area contributed by atoms with E-state index in [1.807, 2.05) is 4.90 Å². The van der Waals surface area contributed by atoms with Gasteiger partial charge < -0.3 is 4.90 Å². The van der Waals surface area contributed by atoms with Gasteiger partial charge in [0, 0.05) is 43.7 Å². The average Bonchev–Trinajstić information content (AvgIpc) is 2.77. The first-order chi connectivity index (χ1) is 16.6. The molecule has 0 aliphatic carbocycles. The van der Waals surface area contributed by atoms with E-state index < -0.39 is 52.7 Å². The zero-order chi connectivity index (χ0) is 26.9. The Kier molecular flexibility index (Phi) is 8.19. The predicted molar refractivity (Wildman–Crippen MR) is 114 cm³/mol. The van der Waals surface area contributed by atoms with Crippen molar-refractivity contribution in [3.63, 3.8) is 0 Å². The Labute approximate surface area is 205 Å². The van der Waals surface area contributed by atoms with Crippen molar-refractivity contribution in [1.29, 1.82) is 0 Å². The van der Waals surface area contributed by atoms with Gasteiger partial charge in [0.05, 0.1) is 16.7 Å². The van der Waals surface area contributed by atoms with Crippen molar-refractivity contribution in [2.75, 3.05) is 32.1 Å². The van der Waals surface area contributed by atoms with Crippen LogP contribution in [0, 0.1) is 0 Å². The zero-order valence-electron chi connectivity index (χ0n) is 18.4. The van der Waals surface area contributed by atoms with Crippen molar-refractivity contribution in [1.82, 2.24) is 9.80 Å². The molecule has 2 aromatic carbocycles. The van der Waals surface area contributed by atoms with Gasteiger partial charge in [0.15, 0.2) is 0 Å². The van der Waals surface area contributed by atoms with Gasteiger partial charge in [-0.3, -0.25) is 9.69 Å². The van der Waals surface area contributed by atoms with Crippen molar-refractivity contribution >= 4 is 17.5 Å². The molecule has 1 heterocycles. The molecule has 198 valence electrons. The van der Waals surface area contributed by atoms with Gasteiger partial charge >= 0.3 is 18.5 Å². The monoisotopic (exact) mass is 546 g/mol. The number of carbonyl (C=O) groups excluding carboxylic acids is 1. The Morgan fingerprint density at radius 2 is 1.33 bits per heavy atom. The number of carbonyl (C=O) groups is 1. The molecule has 1 saturated heterocycles. The summed E-state index contributed by atoms with van der Waals surface area (Å²) in [6, 6.07) is 4.13. The molecule has 0 unspecified atom stereocenters. The summed E-state index contributed by atoms with van der Waals surface area (Å²) >= 11 is 5.78. The van der Waals surface area contributed by atoms with E-state index in [1.165, 1.54) is 12.1 Å². The van der Waals surface area contributed by atoms with E-state index in [0.29, 0.717) is 24.2 Å². The van der Waals surface area contributed by atoms with Gasteiger partial charge in [-0.2, -0.15) is 39.5 Å². The quantitative estimate of drug-likeness (QED) is 0.322. The summed E-state index contributed by atoms with van der Waals surface area (Å²) in [4.78, 5) is 16.2. The number of hydrogen-bond donors (Lipinski definition) is 0. The molecule has 1 atom stereocenters. The number of benzene rings is 2. The lowest BCUT2D eigenvalue weighted by Gasteiger charge is -2.41. The van der Waals surface area contributed by atoms with Crippen LogP contribution in [-0.2, 0) is 24.9 Å². The van der Waals surface area contributed by atoms with Crippen molar-refractivity contribution < 1.29 is 44.3 Å². The molecule has 13 heteroatoms. The van der Waals surface area contributed by atoms with E-state index in [-0.39, 0.29) is 38.0 Å². The summed E-state index contributed by atoms with van der Waals surface area (Å²) < 4.78 is 118. The molecular weight excluding hydrogens is 527 g/mol. The van der Waals surface area contributed by atoms with Crippen LogP contribution in [0.15, 0.2) is 42.5 Å². The molecular formula is C23H20ClF9N2O. The molecule has 0 radical (unpaired) electrons. The first-order valence-electron chi connectivity index (χ1n) is 10.6. The van der Waals surface area contributed by atoms with E-state index in [1.54, 1.807) is 0 Å². The highest BCUT2D eigenvalue weighted by Gasteiger charge is 2.39. The van der Waals surface area contributed by atoms with Crippen LogP contribution in [0.25, 0.3) is 0 Å². The second kappa shape index (κ2) is 10.5. The molecule has 0 N–H and O–H groups in total. The third-order valence-electron chi connectivity index (χ3n) is 5.82. The summed E-state index contributed by atoms with van der Waals surface area (Å²) in [5, 5.41) is 0. The van der Waals surface area contributed by atoms with Gasteiger partial charge in [0.1, 0.15) is 0 Å². The highest BCUT2D eigenvalue weighted by molar-refractivity contribution is 6.18. The van der Waals surface area contributed by atoms with E-state index in [9.17, 15) is 44.3 Å². The maximum atomic E-state index is 13.3. The SMILES string of the molecule is O=C(c1cc(C(F)(F)F)cc(C(F)(F)F)c1)N1CCN(CCCl)C[C@H]1Cc1ccc(C(F)(F)F)cc1. The predicted octanol–water partition coefficient (Wildman–Crippen LogP) is 6.35. The standard InChI is InChI=1S/C23H20ClF9N2O/c24-5-6-34-7-8-35(19(13-34)9-14-1-3-16(4-2-14)21(25,26)27)20(36)15-10-17(22(28,29)30)12-18(11-15)23(31,32)33/h1-4,10-12,19H,5-9,13H2/t19-/m1/s1. The number of nitrogens with zero attached hydrogens (tertiary/aromatic N) is 2. The van der Waals surface area contributed by atoms with Gasteiger partial charge in [0.25, 0.3) is 5.91 Å². The number of alkyl halides is 10. The first-order valence-corrected chi connectivity index (χ1v) is 11.2. The summed E-state index contributed by atoms with van der Waals surface area (Å²) in [5.74, 6) is -0.794. The summed E-state index contributed by atoms with van der Waals surface area (Å²) in [6.45, 7) is 0.852. The molecule has 3 nitrogen and oxygen atoms in total. The number of halogens is 10. The van der Waals surface area contributed by atoms with Crippen LogP contribution in [-0.4, -0.2) is 53.8 Å². The molecule has 0 bridgehead atoms. The minimum Gasteiger partial charge on any atom is -0.333 e. The Bertz CT molecular complexity index is 1030. The van der Waals surface area contributed by atoms with Crippen LogP contribution in [0.5, 0.6) is 0 Å². The van der Waals surface area contributed by atoms with Crippen LogP contribution in [0.1, 0.15) is 32.6 Å². The fourth-order valence-corrected chi connectivity index (χ4v) is 4.27. The molecule has 1 fully saturated rings. The fraction of sp³-hybridized carbons (Fsp3) is 0.435. The first kappa shape index (κ1) is 28.1. The lowest BCUT2D eigenvalue weighted by molar-refractivity contribution is -0.143. The Morgan fingerprint density at radius 3 is 1.81 bits per heavy atom. The molecule has 36 heavy (non-hydrogen) atoms. The highest BCUT2D eigenvalue weighted by Crippen LogP contribution is 2.37.